The van der Waals surface area contributed by atoms with Gasteiger partial charge in [-0.15, -0.1) is 0 Å². The number of aliphatic imine (C=N–C) groups is 1. The van der Waals surface area contributed by atoms with Crippen molar-refractivity contribution in [1.82, 2.24) is 14.7 Å². The van der Waals surface area contributed by atoms with Crippen LogP contribution in [-0.4, -0.2) is 39.4 Å². The first kappa shape index (κ1) is 22.0. The number of hydrogen-bond donors (Lipinski definition) is 0. The molecule has 2 aliphatic rings. The van der Waals surface area contributed by atoms with Crippen LogP contribution in [0.25, 0.3) is 10.9 Å². The lowest BCUT2D eigenvalue weighted by Gasteiger charge is -2.26. The number of hydrogen-bond acceptors (Lipinski definition) is 4. The first-order chi connectivity index (χ1) is 16.4. The highest BCUT2D eigenvalue weighted by Crippen LogP contribution is 2.34. The molecule has 3 aromatic rings. The summed E-state index contributed by atoms with van der Waals surface area (Å²) in [5.41, 5.74) is 4.66. The molecule has 34 heavy (non-hydrogen) atoms. The second-order valence-corrected chi connectivity index (χ2v) is 9.14. The molecule has 6 nitrogen and oxygen atoms in total. The molecular formula is C27H26FN5O. The predicted octanol–water partition coefficient (Wildman–Crippen LogP) is 4.53. The smallest absolute Gasteiger partial charge is 0.272 e. The number of nitrogens with zero attached hydrogens (tertiary/aromatic N) is 5. The van der Waals surface area contributed by atoms with Gasteiger partial charge in [-0.1, -0.05) is 12.1 Å². The third kappa shape index (κ3) is 4.01. The lowest BCUT2D eigenvalue weighted by atomic mass is 9.86. The Bertz CT molecular complexity index is 1390. The van der Waals surface area contributed by atoms with E-state index in [0.29, 0.717) is 23.4 Å². The van der Waals surface area contributed by atoms with Gasteiger partial charge in [-0.2, -0.15) is 10.4 Å². The first-order valence-corrected chi connectivity index (χ1v) is 11.7. The van der Waals surface area contributed by atoms with Gasteiger partial charge >= 0.3 is 0 Å². The molecule has 5 rings (SSSR count). The maximum atomic E-state index is 14.5. The fraction of sp³-hybridized carbons (Fsp3) is 0.333. The van der Waals surface area contributed by atoms with Crippen molar-refractivity contribution in [3.8, 4) is 6.07 Å². The zero-order valence-corrected chi connectivity index (χ0v) is 19.4. The molecule has 1 saturated heterocycles. The van der Waals surface area contributed by atoms with E-state index in [0.717, 1.165) is 54.4 Å². The largest absolute Gasteiger partial charge is 0.337 e. The van der Waals surface area contributed by atoms with Gasteiger partial charge in [-0.25, -0.2) is 9.38 Å². The van der Waals surface area contributed by atoms with Crippen LogP contribution in [0.2, 0.25) is 0 Å². The Kier molecular flexibility index (Phi) is 5.74. The van der Waals surface area contributed by atoms with Crippen molar-refractivity contribution >= 4 is 22.5 Å². The summed E-state index contributed by atoms with van der Waals surface area (Å²) >= 11 is 0. The molecule has 0 radical (unpaired) electrons. The van der Waals surface area contributed by atoms with Gasteiger partial charge in [0.1, 0.15) is 17.6 Å². The molecule has 1 aromatic heterocycles. The molecule has 2 aliphatic heterocycles. The van der Waals surface area contributed by atoms with E-state index < -0.39 is 5.82 Å². The zero-order chi connectivity index (χ0) is 23.8. The maximum absolute atomic E-state index is 14.5. The van der Waals surface area contributed by atoms with Gasteiger partial charge in [0, 0.05) is 37.6 Å². The summed E-state index contributed by atoms with van der Waals surface area (Å²) in [6.07, 6.45) is 5.76. The molecular weight excluding hydrogens is 429 g/mol. The minimum absolute atomic E-state index is 0.00442. The number of aromatic nitrogens is 2. The van der Waals surface area contributed by atoms with Crippen LogP contribution in [0, 0.1) is 23.1 Å². The van der Waals surface area contributed by atoms with Crippen LogP contribution in [0.3, 0.4) is 0 Å². The van der Waals surface area contributed by atoms with Gasteiger partial charge in [0.25, 0.3) is 5.91 Å². The minimum atomic E-state index is -0.577. The fourth-order valence-electron chi connectivity index (χ4n) is 4.96. The number of rotatable bonds is 4. The molecule has 0 aliphatic carbocycles. The van der Waals surface area contributed by atoms with Crippen LogP contribution in [0.1, 0.15) is 42.9 Å². The van der Waals surface area contributed by atoms with Gasteiger partial charge in [-0.05, 0) is 73.6 Å². The van der Waals surface area contributed by atoms with E-state index in [2.05, 4.69) is 11.2 Å². The van der Waals surface area contributed by atoms with Crippen LogP contribution >= 0.6 is 0 Å². The SMILES string of the molecule is CC1=C(C(=O)N2CCCCC2)N=C(c2ccc(C#N)c(F)c2)C1Cc1ccc2nn(C)cc2c1. The number of allylic oxidation sites excluding steroid dienone is 1. The predicted molar refractivity (Wildman–Crippen MR) is 129 cm³/mol. The first-order valence-electron chi connectivity index (χ1n) is 11.7. The average molecular weight is 456 g/mol. The highest BCUT2D eigenvalue weighted by molar-refractivity contribution is 6.11. The van der Waals surface area contributed by atoms with E-state index in [1.807, 2.05) is 43.3 Å². The Morgan fingerprint density at radius 1 is 1.18 bits per heavy atom. The summed E-state index contributed by atoms with van der Waals surface area (Å²) < 4.78 is 16.3. The number of halogens is 1. The average Bonchev–Trinajstić information content (AvgIpc) is 3.37. The molecule has 0 bridgehead atoms. The number of likely N-dealkylation sites (tertiary alicyclic amines) is 1. The van der Waals surface area contributed by atoms with Crippen molar-refractivity contribution in [2.24, 2.45) is 18.0 Å². The van der Waals surface area contributed by atoms with Gasteiger partial charge in [0.2, 0.25) is 0 Å². The van der Waals surface area contributed by atoms with Crippen molar-refractivity contribution in [2.75, 3.05) is 13.1 Å². The lowest BCUT2D eigenvalue weighted by molar-refractivity contribution is -0.128. The highest BCUT2D eigenvalue weighted by atomic mass is 19.1. The minimum Gasteiger partial charge on any atom is -0.337 e. The van der Waals surface area contributed by atoms with E-state index in [1.54, 1.807) is 10.7 Å². The Labute approximate surface area is 198 Å². The molecule has 1 unspecified atom stereocenters. The standard InChI is InChI=1S/C27H26FN5O/c1-17-22(13-18-6-9-24-21(12-18)16-32(2)31-24)26(19-7-8-20(15-29)23(28)14-19)30-25(17)27(34)33-10-4-3-5-11-33/h6-9,12,14,16,22H,3-5,10-11,13H2,1-2H3. The van der Waals surface area contributed by atoms with E-state index in [-0.39, 0.29) is 17.4 Å². The molecule has 3 heterocycles. The number of fused-ring (bicyclic) bond motifs is 1. The number of piperidine rings is 1. The molecule has 0 saturated carbocycles. The molecule has 7 heteroatoms. The summed E-state index contributed by atoms with van der Waals surface area (Å²) in [6, 6.07) is 12.6. The maximum Gasteiger partial charge on any atom is 0.272 e. The third-order valence-corrected chi connectivity index (χ3v) is 6.81. The zero-order valence-electron chi connectivity index (χ0n) is 19.4. The number of nitriles is 1. The molecule has 1 amide bonds. The van der Waals surface area contributed by atoms with Gasteiger partial charge in [0.15, 0.2) is 0 Å². The molecule has 1 fully saturated rings. The number of benzene rings is 2. The molecule has 2 aromatic carbocycles. The summed E-state index contributed by atoms with van der Waals surface area (Å²) in [7, 11) is 1.90. The van der Waals surface area contributed by atoms with E-state index in [9.17, 15) is 9.18 Å². The van der Waals surface area contributed by atoms with E-state index in [1.165, 1.54) is 12.1 Å². The van der Waals surface area contributed by atoms with Crippen LogP contribution in [0.4, 0.5) is 4.39 Å². The van der Waals surface area contributed by atoms with E-state index >= 15 is 0 Å². The number of carbonyl (C=O) groups is 1. The summed E-state index contributed by atoms with van der Waals surface area (Å²) in [6.45, 7) is 3.45. The van der Waals surface area contributed by atoms with Crippen molar-refractivity contribution in [3.63, 3.8) is 0 Å². The van der Waals surface area contributed by atoms with Gasteiger partial charge in [0.05, 0.1) is 16.8 Å². The highest BCUT2D eigenvalue weighted by Gasteiger charge is 2.33. The van der Waals surface area contributed by atoms with Crippen LogP contribution in [0.15, 0.2) is 58.9 Å². The van der Waals surface area contributed by atoms with Crippen molar-refractivity contribution < 1.29 is 9.18 Å². The second kappa shape index (κ2) is 8.86. The number of aryl methyl sites for hydroxylation is 1. The molecule has 0 spiro atoms. The van der Waals surface area contributed by atoms with Crippen molar-refractivity contribution in [2.45, 2.75) is 32.6 Å². The topological polar surface area (TPSA) is 74.3 Å². The monoisotopic (exact) mass is 455 g/mol. The van der Waals surface area contributed by atoms with E-state index in [4.69, 9.17) is 10.3 Å². The second-order valence-electron chi connectivity index (χ2n) is 9.14. The Balaban J connectivity index is 1.54. The Hall–Kier alpha value is -3.79. The number of amides is 1. The fourth-order valence-corrected chi connectivity index (χ4v) is 4.96. The van der Waals surface area contributed by atoms with Crippen LogP contribution in [0.5, 0.6) is 0 Å². The van der Waals surface area contributed by atoms with Gasteiger partial charge < -0.3 is 4.90 Å². The quantitative estimate of drug-likeness (QED) is 0.580. The van der Waals surface area contributed by atoms with Crippen LogP contribution in [-0.2, 0) is 18.3 Å². The lowest BCUT2D eigenvalue weighted by Crippen LogP contribution is -2.36. The molecule has 0 N–H and O–H groups in total. The van der Waals surface area contributed by atoms with Crippen molar-refractivity contribution in [3.05, 3.63) is 76.4 Å². The molecule has 172 valence electrons. The van der Waals surface area contributed by atoms with Crippen molar-refractivity contribution in [1.29, 1.82) is 5.26 Å². The Morgan fingerprint density at radius 3 is 2.71 bits per heavy atom. The Morgan fingerprint density at radius 2 is 1.97 bits per heavy atom. The summed E-state index contributed by atoms with van der Waals surface area (Å²) in [5.74, 6) is -0.786. The normalized spacial score (nSPS) is 18.4. The number of carbonyl (C=O) groups excluding carboxylic acids is 1. The van der Waals surface area contributed by atoms with Gasteiger partial charge in [-0.3, -0.25) is 9.48 Å². The summed E-state index contributed by atoms with van der Waals surface area (Å²) in [4.78, 5) is 20.0. The van der Waals surface area contributed by atoms with Crippen LogP contribution < -0.4 is 0 Å². The third-order valence-electron chi connectivity index (χ3n) is 6.81. The summed E-state index contributed by atoms with van der Waals surface area (Å²) in [5, 5.41) is 14.6. The molecule has 1 atom stereocenters.